The van der Waals surface area contributed by atoms with Gasteiger partial charge < -0.3 is 9.26 Å². The quantitative estimate of drug-likeness (QED) is 0.494. The molecule has 0 amide bonds. The maximum absolute atomic E-state index is 11.7. The molecule has 2 heterocycles. The second-order valence-corrected chi connectivity index (χ2v) is 6.29. The molecule has 0 aliphatic rings. The Morgan fingerprint density at radius 2 is 2.29 bits per heavy atom. The third kappa shape index (κ3) is 4.10. The topological polar surface area (TPSA) is 65.2 Å². The second kappa shape index (κ2) is 7.42. The average molecular weight is 361 g/mol. The summed E-state index contributed by atoms with van der Waals surface area (Å²) in [5, 5.41) is 6.42. The van der Waals surface area contributed by atoms with Gasteiger partial charge in [0.2, 0.25) is 5.82 Å². The van der Waals surface area contributed by atoms with E-state index in [0.717, 1.165) is 16.0 Å². The summed E-state index contributed by atoms with van der Waals surface area (Å²) in [5.74, 6) is 0.238. The van der Waals surface area contributed by atoms with Crippen LogP contribution in [0.25, 0.3) is 16.8 Å². The lowest BCUT2D eigenvalue weighted by molar-refractivity contribution is -0.139. The van der Waals surface area contributed by atoms with Crippen LogP contribution in [0.15, 0.2) is 46.3 Å². The van der Waals surface area contributed by atoms with E-state index < -0.39 is 5.97 Å². The number of carbonyl (C=O) groups excluding carboxylic acids is 1. The van der Waals surface area contributed by atoms with E-state index in [1.54, 1.807) is 12.1 Å². The summed E-state index contributed by atoms with van der Waals surface area (Å²) in [6.07, 6.45) is 2.97. The molecule has 24 heavy (non-hydrogen) atoms. The number of nitrogens with zero attached hydrogens (tertiary/aromatic N) is 2. The van der Waals surface area contributed by atoms with Crippen molar-refractivity contribution in [1.29, 1.82) is 0 Å². The number of esters is 1. The number of halogens is 1. The summed E-state index contributed by atoms with van der Waals surface area (Å²) in [6.45, 7) is 1.84. The summed E-state index contributed by atoms with van der Waals surface area (Å²) >= 11 is 7.54. The molecule has 0 spiro atoms. The Morgan fingerprint density at radius 3 is 3.04 bits per heavy atom. The van der Waals surface area contributed by atoms with E-state index in [1.165, 1.54) is 17.4 Å². The molecule has 1 aromatic carbocycles. The SMILES string of the molecule is Cc1ccc(/C=C\C(=O)OCc2nc(-c3cccs3)no2)cc1Cl. The van der Waals surface area contributed by atoms with Crippen molar-refractivity contribution in [3.05, 3.63) is 63.8 Å². The molecule has 0 bridgehead atoms. The molecule has 2 aromatic heterocycles. The fourth-order valence-corrected chi connectivity index (χ4v) is 2.72. The van der Waals surface area contributed by atoms with Crippen LogP contribution >= 0.6 is 22.9 Å². The third-order valence-corrected chi connectivity index (χ3v) is 4.43. The highest BCUT2D eigenvalue weighted by Gasteiger charge is 2.10. The molecule has 0 saturated heterocycles. The number of rotatable bonds is 5. The van der Waals surface area contributed by atoms with E-state index >= 15 is 0 Å². The van der Waals surface area contributed by atoms with Gasteiger partial charge >= 0.3 is 5.97 Å². The molecule has 122 valence electrons. The standard InChI is InChI=1S/C17H13ClN2O3S/c1-11-4-5-12(9-13(11)18)6-7-16(21)22-10-15-19-17(20-23-15)14-3-2-8-24-14/h2-9H,10H2,1H3/b7-6-. The molecule has 0 N–H and O–H groups in total. The second-order valence-electron chi connectivity index (χ2n) is 4.94. The molecule has 0 saturated carbocycles. The number of benzene rings is 1. The number of hydrogen-bond acceptors (Lipinski definition) is 6. The van der Waals surface area contributed by atoms with Crippen molar-refractivity contribution in [3.63, 3.8) is 0 Å². The number of carbonyl (C=O) groups is 1. The van der Waals surface area contributed by atoms with Gasteiger partial charge in [-0.1, -0.05) is 35.0 Å². The normalized spacial score (nSPS) is 11.1. The van der Waals surface area contributed by atoms with E-state index in [1.807, 2.05) is 36.6 Å². The molecule has 7 heteroatoms. The number of hydrogen-bond donors (Lipinski definition) is 0. The Labute approximate surface area is 147 Å². The molecular formula is C17H13ClN2O3S. The first-order valence-corrected chi connectivity index (χ1v) is 8.35. The van der Waals surface area contributed by atoms with Gasteiger partial charge in [0.1, 0.15) is 0 Å². The summed E-state index contributed by atoms with van der Waals surface area (Å²) in [7, 11) is 0. The van der Waals surface area contributed by atoms with Crippen molar-refractivity contribution < 1.29 is 14.1 Å². The van der Waals surface area contributed by atoms with Crippen molar-refractivity contribution in [2.45, 2.75) is 13.5 Å². The molecule has 0 radical (unpaired) electrons. The van der Waals surface area contributed by atoms with Gasteiger partial charge in [0, 0.05) is 11.1 Å². The Kier molecular flexibility index (Phi) is 5.08. The van der Waals surface area contributed by atoms with E-state index in [9.17, 15) is 4.79 Å². The molecule has 3 rings (SSSR count). The molecule has 0 fully saturated rings. The zero-order chi connectivity index (χ0) is 16.9. The van der Waals surface area contributed by atoms with Gasteiger partial charge in [-0.05, 0) is 41.6 Å². The molecule has 5 nitrogen and oxygen atoms in total. The van der Waals surface area contributed by atoms with Gasteiger partial charge in [-0.15, -0.1) is 11.3 Å². The van der Waals surface area contributed by atoms with Gasteiger partial charge in [-0.3, -0.25) is 0 Å². The molecule has 0 aliphatic heterocycles. The van der Waals surface area contributed by atoms with Crippen LogP contribution in [0, 0.1) is 6.92 Å². The molecule has 0 aliphatic carbocycles. The summed E-state index contributed by atoms with van der Waals surface area (Å²) in [6, 6.07) is 9.33. The monoisotopic (exact) mass is 360 g/mol. The summed E-state index contributed by atoms with van der Waals surface area (Å²) < 4.78 is 10.1. The lowest BCUT2D eigenvalue weighted by Crippen LogP contribution is -2.00. The van der Waals surface area contributed by atoms with Gasteiger partial charge in [-0.2, -0.15) is 4.98 Å². The smallest absolute Gasteiger partial charge is 0.331 e. The van der Waals surface area contributed by atoms with Crippen molar-refractivity contribution in [2.75, 3.05) is 0 Å². The van der Waals surface area contributed by atoms with Crippen molar-refractivity contribution >= 4 is 35.0 Å². The predicted octanol–water partition coefficient (Wildman–Crippen LogP) is 4.52. The Bertz CT molecular complexity index is 872. The van der Waals surface area contributed by atoms with E-state index in [-0.39, 0.29) is 12.5 Å². The van der Waals surface area contributed by atoms with Crippen LogP contribution in [0.5, 0.6) is 0 Å². The maximum atomic E-state index is 11.7. The van der Waals surface area contributed by atoms with Crippen molar-refractivity contribution in [1.82, 2.24) is 10.1 Å². The molecular weight excluding hydrogens is 348 g/mol. The molecule has 3 aromatic rings. The van der Waals surface area contributed by atoms with E-state index in [2.05, 4.69) is 10.1 Å². The Balaban J connectivity index is 1.55. The fourth-order valence-electron chi connectivity index (χ4n) is 1.88. The van der Waals surface area contributed by atoms with E-state index in [0.29, 0.717) is 10.8 Å². The number of thiophene rings is 1. The Hall–Kier alpha value is -2.44. The van der Waals surface area contributed by atoms with Gasteiger partial charge in [0.25, 0.3) is 5.89 Å². The van der Waals surface area contributed by atoms with Crippen LogP contribution in [0.4, 0.5) is 0 Å². The molecule has 0 unspecified atom stereocenters. The zero-order valence-corrected chi connectivity index (χ0v) is 14.3. The third-order valence-electron chi connectivity index (χ3n) is 3.16. The minimum absolute atomic E-state index is 0.0732. The van der Waals surface area contributed by atoms with Gasteiger partial charge in [-0.25, -0.2) is 4.79 Å². The zero-order valence-electron chi connectivity index (χ0n) is 12.7. The minimum atomic E-state index is -0.498. The van der Waals surface area contributed by atoms with Gasteiger partial charge in [0.05, 0.1) is 4.88 Å². The first kappa shape index (κ1) is 16.4. The van der Waals surface area contributed by atoms with Crippen LogP contribution in [0.2, 0.25) is 5.02 Å². The molecule has 0 atom stereocenters. The first-order chi connectivity index (χ1) is 11.6. The van der Waals surface area contributed by atoms with Crippen molar-refractivity contribution in [3.8, 4) is 10.7 Å². The van der Waals surface area contributed by atoms with Crippen LogP contribution in [0.1, 0.15) is 17.0 Å². The lowest BCUT2D eigenvalue weighted by Gasteiger charge is -1.99. The van der Waals surface area contributed by atoms with Crippen molar-refractivity contribution in [2.24, 2.45) is 0 Å². The number of ether oxygens (including phenoxy) is 1. The highest BCUT2D eigenvalue weighted by atomic mass is 35.5. The largest absolute Gasteiger partial charge is 0.452 e. The van der Waals surface area contributed by atoms with Crippen LogP contribution < -0.4 is 0 Å². The minimum Gasteiger partial charge on any atom is -0.452 e. The highest BCUT2D eigenvalue weighted by molar-refractivity contribution is 7.13. The maximum Gasteiger partial charge on any atom is 0.331 e. The first-order valence-electron chi connectivity index (χ1n) is 7.09. The average Bonchev–Trinajstić information content (AvgIpc) is 3.25. The highest BCUT2D eigenvalue weighted by Crippen LogP contribution is 2.21. The number of aromatic nitrogens is 2. The summed E-state index contributed by atoms with van der Waals surface area (Å²) in [4.78, 5) is 16.8. The summed E-state index contributed by atoms with van der Waals surface area (Å²) in [5.41, 5.74) is 1.80. The van der Waals surface area contributed by atoms with E-state index in [4.69, 9.17) is 20.9 Å². The predicted molar refractivity (Wildman–Crippen MR) is 92.6 cm³/mol. The van der Waals surface area contributed by atoms with Crippen LogP contribution in [-0.4, -0.2) is 16.1 Å². The fraction of sp³-hybridized carbons (Fsp3) is 0.118. The lowest BCUT2D eigenvalue weighted by atomic mass is 10.1. The van der Waals surface area contributed by atoms with Gasteiger partial charge in [0.15, 0.2) is 6.61 Å². The van der Waals surface area contributed by atoms with Crippen LogP contribution in [0.3, 0.4) is 0 Å². The Morgan fingerprint density at radius 1 is 1.42 bits per heavy atom. The van der Waals surface area contributed by atoms with Crippen LogP contribution in [-0.2, 0) is 16.1 Å². The number of aryl methyl sites for hydroxylation is 1.